The number of nitrogens with one attached hydrogen (secondary N) is 1. The molecule has 0 aromatic carbocycles. The van der Waals surface area contributed by atoms with Crippen molar-refractivity contribution >= 4 is 5.96 Å². The van der Waals surface area contributed by atoms with Crippen LogP contribution in [0, 0.1) is 5.41 Å². The first-order valence-electron chi connectivity index (χ1n) is 7.27. The Morgan fingerprint density at radius 2 is 2.26 bits per heavy atom. The number of hydrogen-bond donors (Lipinski definition) is 1. The van der Waals surface area contributed by atoms with Crippen LogP contribution in [0.5, 0.6) is 0 Å². The van der Waals surface area contributed by atoms with E-state index in [-0.39, 0.29) is 0 Å². The van der Waals surface area contributed by atoms with E-state index in [4.69, 9.17) is 0 Å². The minimum atomic E-state index is 0.629. The summed E-state index contributed by atoms with van der Waals surface area (Å²) in [4.78, 5) is 6.87. The van der Waals surface area contributed by atoms with Crippen LogP contribution in [0.4, 0.5) is 0 Å². The van der Waals surface area contributed by atoms with Gasteiger partial charge in [0.1, 0.15) is 0 Å². The normalized spacial score (nSPS) is 21.8. The Morgan fingerprint density at radius 3 is 2.79 bits per heavy atom. The van der Waals surface area contributed by atoms with Gasteiger partial charge in [0.05, 0.1) is 0 Å². The molecule has 1 aromatic heterocycles. The third-order valence-corrected chi connectivity index (χ3v) is 4.71. The van der Waals surface area contributed by atoms with Crippen molar-refractivity contribution < 1.29 is 0 Å². The fourth-order valence-corrected chi connectivity index (χ4v) is 3.38. The highest BCUT2D eigenvalue weighted by Crippen LogP contribution is 2.47. The Kier molecular flexibility index (Phi) is 3.25. The first kappa shape index (κ1) is 12.6. The fourth-order valence-electron chi connectivity index (χ4n) is 3.38. The van der Waals surface area contributed by atoms with Crippen molar-refractivity contribution in [2.45, 2.75) is 32.2 Å². The van der Waals surface area contributed by atoms with Crippen molar-refractivity contribution in [2.75, 3.05) is 20.1 Å². The van der Waals surface area contributed by atoms with Crippen LogP contribution in [0.1, 0.15) is 31.2 Å². The molecule has 2 heterocycles. The van der Waals surface area contributed by atoms with Gasteiger partial charge in [0.2, 0.25) is 0 Å². The number of rotatable bonds is 2. The summed E-state index contributed by atoms with van der Waals surface area (Å²) in [5, 5.41) is 3.49. The number of nitrogens with zero attached hydrogens (tertiary/aromatic N) is 3. The summed E-state index contributed by atoms with van der Waals surface area (Å²) in [5.74, 6) is 1.06. The molecule has 1 spiro atoms. The van der Waals surface area contributed by atoms with Gasteiger partial charge in [0, 0.05) is 46.1 Å². The van der Waals surface area contributed by atoms with Crippen molar-refractivity contribution in [3.8, 4) is 0 Å². The summed E-state index contributed by atoms with van der Waals surface area (Å²) in [7, 11) is 3.94. The Bertz CT molecular complexity index is 470. The molecule has 1 saturated heterocycles. The van der Waals surface area contributed by atoms with E-state index in [1.165, 1.54) is 37.8 Å². The minimum Gasteiger partial charge on any atom is -0.357 e. The molecule has 0 atom stereocenters. The molecule has 2 fully saturated rings. The van der Waals surface area contributed by atoms with Crippen LogP contribution in [0.3, 0.4) is 0 Å². The molecule has 1 N–H and O–H groups in total. The molecule has 1 saturated carbocycles. The smallest absolute Gasteiger partial charge is 0.193 e. The molecular formula is C15H24N4. The van der Waals surface area contributed by atoms with Gasteiger partial charge in [-0.25, -0.2) is 0 Å². The van der Waals surface area contributed by atoms with E-state index in [2.05, 4.69) is 45.3 Å². The highest BCUT2D eigenvalue weighted by atomic mass is 15.3. The van der Waals surface area contributed by atoms with Crippen LogP contribution >= 0.6 is 0 Å². The topological polar surface area (TPSA) is 32.6 Å². The number of aromatic nitrogens is 1. The van der Waals surface area contributed by atoms with Crippen LogP contribution < -0.4 is 5.32 Å². The van der Waals surface area contributed by atoms with Crippen LogP contribution in [0.25, 0.3) is 0 Å². The maximum atomic E-state index is 4.44. The number of aliphatic imine (C=N–C) groups is 1. The van der Waals surface area contributed by atoms with Gasteiger partial charge in [0.15, 0.2) is 5.96 Å². The Labute approximate surface area is 115 Å². The number of guanidine groups is 1. The van der Waals surface area contributed by atoms with Gasteiger partial charge in [-0.3, -0.25) is 4.99 Å². The summed E-state index contributed by atoms with van der Waals surface area (Å²) >= 11 is 0. The monoisotopic (exact) mass is 260 g/mol. The highest BCUT2D eigenvalue weighted by Gasteiger charge is 2.43. The highest BCUT2D eigenvalue weighted by molar-refractivity contribution is 5.80. The quantitative estimate of drug-likeness (QED) is 0.651. The lowest BCUT2D eigenvalue weighted by atomic mass is 9.68. The van der Waals surface area contributed by atoms with E-state index in [0.29, 0.717) is 5.41 Å². The SMILES string of the molecule is CN=C(NCc1ccn(C)c1)N1CCC2(CCC2)C1. The van der Waals surface area contributed by atoms with Crippen molar-refractivity contribution in [3.05, 3.63) is 24.0 Å². The Hall–Kier alpha value is -1.45. The Balaban J connectivity index is 1.56. The molecule has 1 aliphatic carbocycles. The molecular weight excluding hydrogens is 236 g/mol. The van der Waals surface area contributed by atoms with E-state index in [0.717, 1.165) is 19.0 Å². The van der Waals surface area contributed by atoms with Gasteiger partial charge in [-0.1, -0.05) is 6.42 Å². The van der Waals surface area contributed by atoms with Gasteiger partial charge in [0.25, 0.3) is 0 Å². The molecule has 0 amide bonds. The summed E-state index contributed by atoms with van der Waals surface area (Å²) in [6.45, 7) is 3.22. The van der Waals surface area contributed by atoms with Crippen molar-refractivity contribution in [1.29, 1.82) is 0 Å². The van der Waals surface area contributed by atoms with E-state index in [9.17, 15) is 0 Å². The first-order valence-corrected chi connectivity index (χ1v) is 7.27. The summed E-state index contributed by atoms with van der Waals surface area (Å²) in [6, 6.07) is 2.15. The number of likely N-dealkylation sites (tertiary alicyclic amines) is 1. The zero-order valence-corrected chi connectivity index (χ0v) is 12.0. The third kappa shape index (κ3) is 2.48. The molecule has 104 valence electrons. The molecule has 2 aliphatic rings. The molecule has 1 aliphatic heterocycles. The summed E-state index contributed by atoms with van der Waals surface area (Å²) < 4.78 is 2.08. The predicted octanol–water partition coefficient (Wildman–Crippen LogP) is 1.98. The van der Waals surface area contributed by atoms with E-state index >= 15 is 0 Å². The lowest BCUT2D eigenvalue weighted by molar-refractivity contribution is 0.151. The second kappa shape index (κ2) is 4.91. The maximum Gasteiger partial charge on any atom is 0.193 e. The molecule has 19 heavy (non-hydrogen) atoms. The number of hydrogen-bond acceptors (Lipinski definition) is 1. The lowest BCUT2D eigenvalue weighted by Crippen LogP contribution is -2.42. The average molecular weight is 260 g/mol. The molecule has 0 bridgehead atoms. The minimum absolute atomic E-state index is 0.629. The van der Waals surface area contributed by atoms with Crippen LogP contribution in [0.2, 0.25) is 0 Å². The van der Waals surface area contributed by atoms with E-state index < -0.39 is 0 Å². The maximum absolute atomic E-state index is 4.44. The van der Waals surface area contributed by atoms with Crippen molar-refractivity contribution in [2.24, 2.45) is 17.5 Å². The summed E-state index contributed by atoms with van der Waals surface area (Å²) in [6.07, 6.45) is 9.83. The molecule has 4 nitrogen and oxygen atoms in total. The van der Waals surface area contributed by atoms with E-state index in [1.54, 1.807) is 0 Å². The van der Waals surface area contributed by atoms with Gasteiger partial charge in [-0.15, -0.1) is 0 Å². The fraction of sp³-hybridized carbons (Fsp3) is 0.667. The van der Waals surface area contributed by atoms with Crippen LogP contribution in [-0.4, -0.2) is 35.6 Å². The molecule has 1 aromatic rings. The lowest BCUT2D eigenvalue weighted by Gasteiger charge is -2.38. The van der Waals surface area contributed by atoms with Gasteiger partial charge >= 0.3 is 0 Å². The molecule has 4 heteroatoms. The number of aryl methyl sites for hydroxylation is 1. The standard InChI is InChI=1S/C15H24N4/c1-16-14(17-10-13-4-8-18(2)11-13)19-9-7-15(12-19)5-3-6-15/h4,8,11H,3,5-7,9-10,12H2,1-2H3,(H,16,17). The van der Waals surface area contributed by atoms with Gasteiger partial charge in [-0.05, 0) is 36.3 Å². The predicted molar refractivity (Wildman–Crippen MR) is 78.1 cm³/mol. The van der Waals surface area contributed by atoms with Crippen molar-refractivity contribution in [1.82, 2.24) is 14.8 Å². The average Bonchev–Trinajstić information content (AvgIpc) is 2.96. The largest absolute Gasteiger partial charge is 0.357 e. The molecule has 3 rings (SSSR count). The van der Waals surface area contributed by atoms with Gasteiger partial charge < -0.3 is 14.8 Å². The second-order valence-electron chi connectivity index (χ2n) is 6.11. The first-order chi connectivity index (χ1) is 9.21. The zero-order valence-electron chi connectivity index (χ0n) is 12.0. The second-order valence-corrected chi connectivity index (χ2v) is 6.11. The third-order valence-electron chi connectivity index (χ3n) is 4.71. The molecule has 0 radical (unpaired) electrons. The zero-order chi connectivity index (χ0) is 13.3. The van der Waals surface area contributed by atoms with Crippen molar-refractivity contribution in [3.63, 3.8) is 0 Å². The van der Waals surface area contributed by atoms with Crippen LogP contribution in [0.15, 0.2) is 23.5 Å². The van der Waals surface area contributed by atoms with E-state index in [1.807, 2.05) is 7.05 Å². The Morgan fingerprint density at radius 1 is 1.42 bits per heavy atom. The van der Waals surface area contributed by atoms with Crippen LogP contribution in [-0.2, 0) is 13.6 Å². The van der Waals surface area contributed by atoms with Gasteiger partial charge in [-0.2, -0.15) is 0 Å². The molecule has 0 unspecified atom stereocenters. The summed E-state index contributed by atoms with van der Waals surface area (Å²) in [5.41, 5.74) is 1.94.